The first-order valence-electron chi connectivity index (χ1n) is 7.86. The van der Waals surface area contributed by atoms with E-state index in [4.69, 9.17) is 9.47 Å². The Hall–Kier alpha value is -2.14. The van der Waals surface area contributed by atoms with Gasteiger partial charge in [-0.25, -0.2) is 0 Å². The molecule has 1 amide bonds. The number of amides is 1. The first-order valence-corrected chi connectivity index (χ1v) is 9.02. The molecule has 0 unspecified atom stereocenters. The lowest BCUT2D eigenvalue weighted by Gasteiger charge is -2.11. The van der Waals surface area contributed by atoms with Crippen molar-refractivity contribution in [3.05, 3.63) is 54.1 Å². The van der Waals surface area contributed by atoms with Crippen LogP contribution in [0, 0.1) is 0 Å². The Kier molecular flexibility index (Phi) is 7.49. The number of hydrogen-bond donors (Lipinski definition) is 1. The van der Waals surface area contributed by atoms with Crippen LogP contribution in [-0.4, -0.2) is 31.6 Å². The molecule has 4 nitrogen and oxygen atoms in total. The van der Waals surface area contributed by atoms with Gasteiger partial charge in [0.15, 0.2) is 0 Å². The van der Waals surface area contributed by atoms with E-state index in [1.165, 1.54) is 5.56 Å². The maximum Gasteiger partial charge on any atom is 0.234 e. The van der Waals surface area contributed by atoms with Gasteiger partial charge in [-0.2, -0.15) is 11.8 Å². The number of carbonyl (C=O) groups is 1. The number of hydrogen-bond acceptors (Lipinski definition) is 4. The molecule has 0 aliphatic rings. The Morgan fingerprint density at radius 1 is 1.08 bits per heavy atom. The van der Waals surface area contributed by atoms with Crippen LogP contribution in [0.1, 0.15) is 12.0 Å². The van der Waals surface area contributed by atoms with Crippen LogP contribution in [0.15, 0.2) is 48.5 Å². The van der Waals surface area contributed by atoms with Gasteiger partial charge in [-0.05, 0) is 36.3 Å². The summed E-state index contributed by atoms with van der Waals surface area (Å²) < 4.78 is 10.4. The lowest BCUT2D eigenvalue weighted by Crippen LogP contribution is -2.15. The highest BCUT2D eigenvalue weighted by molar-refractivity contribution is 7.99. The first kappa shape index (κ1) is 18.2. The summed E-state index contributed by atoms with van der Waals surface area (Å²) >= 11 is 1.64. The van der Waals surface area contributed by atoms with E-state index in [1.54, 1.807) is 44.2 Å². The second-order valence-corrected chi connectivity index (χ2v) is 6.36. The minimum absolute atomic E-state index is 0.0248. The molecule has 0 heterocycles. The zero-order valence-corrected chi connectivity index (χ0v) is 14.9. The summed E-state index contributed by atoms with van der Waals surface area (Å²) in [5, 5.41) is 2.88. The number of methoxy groups -OCH3 is 2. The lowest BCUT2D eigenvalue weighted by atomic mass is 10.1. The minimum Gasteiger partial charge on any atom is -0.497 e. The fourth-order valence-corrected chi connectivity index (χ4v) is 3.03. The number of benzene rings is 2. The number of aryl methyl sites for hydroxylation is 1. The van der Waals surface area contributed by atoms with E-state index in [-0.39, 0.29) is 5.91 Å². The van der Waals surface area contributed by atoms with Gasteiger partial charge >= 0.3 is 0 Å². The number of rotatable bonds is 9. The second-order valence-electron chi connectivity index (χ2n) is 5.26. The van der Waals surface area contributed by atoms with E-state index in [2.05, 4.69) is 29.6 Å². The van der Waals surface area contributed by atoms with Gasteiger partial charge < -0.3 is 14.8 Å². The quantitative estimate of drug-likeness (QED) is 0.698. The van der Waals surface area contributed by atoms with E-state index in [1.807, 2.05) is 6.07 Å². The van der Waals surface area contributed by atoms with Crippen molar-refractivity contribution in [1.29, 1.82) is 0 Å². The van der Waals surface area contributed by atoms with Crippen LogP contribution in [0.25, 0.3) is 0 Å². The monoisotopic (exact) mass is 345 g/mol. The molecule has 0 radical (unpaired) electrons. The third-order valence-corrected chi connectivity index (χ3v) is 4.56. The van der Waals surface area contributed by atoms with Crippen molar-refractivity contribution < 1.29 is 14.3 Å². The van der Waals surface area contributed by atoms with Crippen molar-refractivity contribution in [2.75, 3.05) is 31.0 Å². The average Bonchev–Trinajstić information content (AvgIpc) is 2.62. The van der Waals surface area contributed by atoms with E-state index in [0.717, 1.165) is 18.6 Å². The molecule has 0 spiro atoms. The molecule has 2 aromatic rings. The Morgan fingerprint density at radius 2 is 1.88 bits per heavy atom. The average molecular weight is 345 g/mol. The fourth-order valence-electron chi connectivity index (χ4n) is 2.28. The van der Waals surface area contributed by atoms with Gasteiger partial charge in [0.2, 0.25) is 5.91 Å². The Bertz CT molecular complexity index is 646. The van der Waals surface area contributed by atoms with Crippen molar-refractivity contribution in [1.82, 2.24) is 0 Å². The number of anilines is 1. The standard InChI is InChI=1S/C19H23NO3S/c1-22-16-10-11-17(18(13-16)23-2)20-19(21)14-24-12-6-9-15-7-4-3-5-8-15/h3-5,7-8,10-11,13H,6,9,12,14H2,1-2H3,(H,20,21). The number of ether oxygens (including phenoxy) is 2. The van der Waals surface area contributed by atoms with Crippen molar-refractivity contribution in [2.45, 2.75) is 12.8 Å². The van der Waals surface area contributed by atoms with Crippen LogP contribution < -0.4 is 14.8 Å². The predicted molar refractivity (Wildman–Crippen MR) is 100 cm³/mol. The SMILES string of the molecule is COc1ccc(NC(=O)CSCCCc2ccccc2)c(OC)c1. The van der Waals surface area contributed by atoms with Crippen molar-refractivity contribution in [2.24, 2.45) is 0 Å². The molecule has 0 aliphatic carbocycles. The van der Waals surface area contributed by atoms with Crippen molar-refractivity contribution >= 4 is 23.4 Å². The highest BCUT2D eigenvalue weighted by atomic mass is 32.2. The number of nitrogens with one attached hydrogen (secondary N) is 1. The molecule has 128 valence electrons. The molecule has 1 N–H and O–H groups in total. The predicted octanol–water partition coefficient (Wildman–Crippen LogP) is 4.01. The van der Waals surface area contributed by atoms with E-state index >= 15 is 0 Å². The third kappa shape index (κ3) is 5.81. The summed E-state index contributed by atoms with van der Waals surface area (Å²) in [5.41, 5.74) is 2.00. The van der Waals surface area contributed by atoms with Gasteiger partial charge in [-0.15, -0.1) is 0 Å². The van der Waals surface area contributed by atoms with Crippen molar-refractivity contribution in [3.8, 4) is 11.5 Å². The molecule has 0 saturated heterocycles. The molecule has 0 saturated carbocycles. The van der Waals surface area contributed by atoms with Crippen LogP contribution in [0.4, 0.5) is 5.69 Å². The second kappa shape index (κ2) is 9.88. The zero-order chi connectivity index (χ0) is 17.2. The van der Waals surface area contributed by atoms with Crippen LogP contribution in [-0.2, 0) is 11.2 Å². The summed E-state index contributed by atoms with van der Waals surface area (Å²) in [4.78, 5) is 12.0. The smallest absolute Gasteiger partial charge is 0.234 e. The minimum atomic E-state index is -0.0248. The van der Waals surface area contributed by atoms with E-state index in [0.29, 0.717) is 22.9 Å². The van der Waals surface area contributed by atoms with E-state index < -0.39 is 0 Å². The van der Waals surface area contributed by atoms with Gasteiger partial charge in [0.25, 0.3) is 0 Å². The highest BCUT2D eigenvalue weighted by Crippen LogP contribution is 2.29. The van der Waals surface area contributed by atoms with Crippen LogP contribution >= 0.6 is 11.8 Å². The van der Waals surface area contributed by atoms with E-state index in [9.17, 15) is 4.79 Å². The fraction of sp³-hybridized carbons (Fsp3) is 0.316. The molecule has 24 heavy (non-hydrogen) atoms. The molecule has 0 fully saturated rings. The Labute approximate surface area is 147 Å². The Morgan fingerprint density at radius 3 is 2.58 bits per heavy atom. The Balaban J connectivity index is 1.71. The molecule has 2 aromatic carbocycles. The molecular formula is C19H23NO3S. The summed E-state index contributed by atoms with van der Waals surface area (Å²) in [7, 11) is 3.17. The summed E-state index contributed by atoms with van der Waals surface area (Å²) in [6.45, 7) is 0. The van der Waals surface area contributed by atoms with Gasteiger partial charge in [-0.3, -0.25) is 4.79 Å². The summed E-state index contributed by atoms with van der Waals surface area (Å²) in [6, 6.07) is 15.7. The van der Waals surface area contributed by atoms with Crippen LogP contribution in [0.2, 0.25) is 0 Å². The highest BCUT2D eigenvalue weighted by Gasteiger charge is 2.09. The third-order valence-electron chi connectivity index (χ3n) is 3.51. The molecule has 0 aliphatic heterocycles. The number of thioether (sulfide) groups is 1. The molecule has 0 aromatic heterocycles. The number of carbonyl (C=O) groups excluding carboxylic acids is 1. The maximum absolute atomic E-state index is 12.0. The van der Waals surface area contributed by atoms with Gasteiger partial charge in [0.1, 0.15) is 11.5 Å². The molecule has 5 heteroatoms. The molecule has 0 atom stereocenters. The van der Waals surface area contributed by atoms with Crippen molar-refractivity contribution in [3.63, 3.8) is 0 Å². The van der Waals surface area contributed by atoms with Gasteiger partial charge in [0.05, 0.1) is 25.7 Å². The maximum atomic E-state index is 12.0. The molecule has 2 rings (SSSR count). The summed E-state index contributed by atoms with van der Waals surface area (Å²) in [6.07, 6.45) is 2.11. The lowest BCUT2D eigenvalue weighted by molar-refractivity contribution is -0.113. The van der Waals surface area contributed by atoms with Gasteiger partial charge in [0, 0.05) is 6.07 Å². The zero-order valence-electron chi connectivity index (χ0n) is 14.1. The first-order chi connectivity index (χ1) is 11.7. The summed E-state index contributed by atoms with van der Waals surface area (Å²) in [5.74, 6) is 2.66. The van der Waals surface area contributed by atoms with Crippen LogP contribution in [0.3, 0.4) is 0 Å². The molecule has 0 bridgehead atoms. The van der Waals surface area contributed by atoms with Gasteiger partial charge in [-0.1, -0.05) is 30.3 Å². The van der Waals surface area contributed by atoms with Crippen LogP contribution in [0.5, 0.6) is 11.5 Å². The largest absolute Gasteiger partial charge is 0.497 e. The normalized spacial score (nSPS) is 10.2. The molecular weight excluding hydrogens is 322 g/mol. The topological polar surface area (TPSA) is 47.6 Å².